The summed E-state index contributed by atoms with van der Waals surface area (Å²) in [6.07, 6.45) is 0. The number of benzene rings is 1. The van der Waals surface area contributed by atoms with Crippen LogP contribution >= 0.6 is 0 Å². The number of carbonyl (C=O) groups is 1. The number of hydrogen-bond donors (Lipinski definition) is 2. The molecule has 0 unspecified atom stereocenters. The van der Waals surface area contributed by atoms with Gasteiger partial charge >= 0.3 is 0 Å². The van der Waals surface area contributed by atoms with E-state index in [2.05, 4.69) is 15.5 Å². The minimum Gasteiger partial charge on any atom is -0.497 e. The molecule has 0 saturated heterocycles. The lowest BCUT2D eigenvalue weighted by Gasteiger charge is -2.09. The number of likely N-dealkylation sites (N-methyl/N-ethyl adjacent to an activating group) is 1. The normalized spacial score (nSPS) is 10.7. The summed E-state index contributed by atoms with van der Waals surface area (Å²) in [6.45, 7) is 1.40. The summed E-state index contributed by atoms with van der Waals surface area (Å²) < 4.78 is 5.12. The van der Waals surface area contributed by atoms with Gasteiger partial charge in [-0.25, -0.2) is 0 Å². The Balaban J connectivity index is 2.01. The maximum absolute atomic E-state index is 12.0. The molecular formula is C15H20N4O2. The number of aromatic amines is 1. The zero-order valence-electron chi connectivity index (χ0n) is 12.5. The number of aromatic nitrogens is 2. The molecule has 2 aromatic rings. The quantitative estimate of drug-likeness (QED) is 0.842. The van der Waals surface area contributed by atoms with E-state index in [1.165, 1.54) is 0 Å². The summed E-state index contributed by atoms with van der Waals surface area (Å²) in [5.41, 5.74) is 2.12. The molecule has 2 N–H and O–H groups in total. The molecule has 6 nitrogen and oxygen atoms in total. The summed E-state index contributed by atoms with van der Waals surface area (Å²) in [6, 6.07) is 9.28. The SMILES string of the molecule is COc1ccc(-c2cc(C(=O)NCCN(C)C)[nH]n2)cc1. The molecule has 0 aliphatic carbocycles. The fourth-order valence-corrected chi connectivity index (χ4v) is 1.84. The number of amides is 1. The van der Waals surface area contributed by atoms with Crippen molar-refractivity contribution >= 4 is 5.91 Å². The van der Waals surface area contributed by atoms with Gasteiger partial charge in [-0.2, -0.15) is 5.10 Å². The van der Waals surface area contributed by atoms with Crippen molar-refractivity contribution in [3.05, 3.63) is 36.0 Å². The van der Waals surface area contributed by atoms with Gasteiger partial charge in [0.2, 0.25) is 0 Å². The van der Waals surface area contributed by atoms with Crippen LogP contribution < -0.4 is 10.1 Å². The summed E-state index contributed by atoms with van der Waals surface area (Å²) in [4.78, 5) is 14.0. The molecule has 1 aromatic carbocycles. The number of nitrogens with zero attached hydrogens (tertiary/aromatic N) is 2. The van der Waals surface area contributed by atoms with Gasteiger partial charge in [0.25, 0.3) is 5.91 Å². The molecule has 1 amide bonds. The first-order valence-corrected chi connectivity index (χ1v) is 6.73. The topological polar surface area (TPSA) is 70.2 Å². The van der Waals surface area contributed by atoms with Gasteiger partial charge in [0, 0.05) is 18.7 Å². The molecule has 1 heterocycles. The van der Waals surface area contributed by atoms with E-state index >= 15 is 0 Å². The van der Waals surface area contributed by atoms with Crippen molar-refractivity contribution in [3.8, 4) is 17.0 Å². The van der Waals surface area contributed by atoms with Crippen molar-refractivity contribution in [1.29, 1.82) is 0 Å². The minimum atomic E-state index is -0.149. The highest BCUT2D eigenvalue weighted by Crippen LogP contribution is 2.20. The number of nitrogens with one attached hydrogen (secondary N) is 2. The van der Waals surface area contributed by atoms with Gasteiger partial charge in [-0.05, 0) is 44.4 Å². The number of methoxy groups -OCH3 is 1. The average molecular weight is 288 g/mol. The zero-order valence-corrected chi connectivity index (χ0v) is 12.5. The van der Waals surface area contributed by atoms with Gasteiger partial charge < -0.3 is 15.0 Å². The van der Waals surface area contributed by atoms with E-state index < -0.39 is 0 Å². The van der Waals surface area contributed by atoms with Crippen LogP contribution in [0.4, 0.5) is 0 Å². The second-order valence-corrected chi connectivity index (χ2v) is 4.95. The summed E-state index contributed by atoms with van der Waals surface area (Å²) in [5.74, 6) is 0.639. The maximum Gasteiger partial charge on any atom is 0.269 e. The molecule has 2 rings (SSSR count). The van der Waals surface area contributed by atoms with Crippen LogP contribution in [-0.4, -0.2) is 55.3 Å². The van der Waals surface area contributed by atoms with Gasteiger partial charge in [-0.15, -0.1) is 0 Å². The third kappa shape index (κ3) is 4.06. The third-order valence-electron chi connectivity index (χ3n) is 3.05. The molecule has 0 aliphatic heterocycles. The van der Waals surface area contributed by atoms with Crippen LogP contribution in [0.3, 0.4) is 0 Å². The van der Waals surface area contributed by atoms with Crippen molar-refractivity contribution in [3.63, 3.8) is 0 Å². The van der Waals surface area contributed by atoms with E-state index in [0.29, 0.717) is 12.2 Å². The Morgan fingerprint density at radius 3 is 2.67 bits per heavy atom. The predicted octanol–water partition coefficient (Wildman–Crippen LogP) is 1.38. The lowest BCUT2D eigenvalue weighted by atomic mass is 10.1. The second-order valence-electron chi connectivity index (χ2n) is 4.95. The molecule has 0 radical (unpaired) electrons. The fourth-order valence-electron chi connectivity index (χ4n) is 1.84. The van der Waals surface area contributed by atoms with E-state index in [9.17, 15) is 4.79 Å². The van der Waals surface area contributed by atoms with Crippen molar-refractivity contribution in [1.82, 2.24) is 20.4 Å². The Bertz CT molecular complexity index is 590. The molecule has 0 saturated carbocycles. The Kier molecular flexibility index (Phi) is 4.94. The van der Waals surface area contributed by atoms with Gasteiger partial charge in [0.15, 0.2) is 0 Å². The first-order chi connectivity index (χ1) is 10.1. The molecule has 0 bridgehead atoms. The zero-order chi connectivity index (χ0) is 15.2. The highest BCUT2D eigenvalue weighted by Gasteiger charge is 2.10. The molecule has 0 atom stereocenters. The molecule has 6 heteroatoms. The Morgan fingerprint density at radius 2 is 2.05 bits per heavy atom. The van der Waals surface area contributed by atoms with E-state index in [4.69, 9.17) is 4.74 Å². The van der Waals surface area contributed by atoms with Crippen molar-refractivity contribution < 1.29 is 9.53 Å². The van der Waals surface area contributed by atoms with Crippen LogP contribution in [-0.2, 0) is 0 Å². The second kappa shape index (κ2) is 6.90. The number of H-pyrrole nitrogens is 1. The molecule has 0 aliphatic rings. The Morgan fingerprint density at radius 1 is 1.33 bits per heavy atom. The first kappa shape index (κ1) is 15.1. The highest BCUT2D eigenvalue weighted by molar-refractivity contribution is 5.93. The monoisotopic (exact) mass is 288 g/mol. The van der Waals surface area contributed by atoms with Crippen molar-refractivity contribution in [2.45, 2.75) is 0 Å². The number of ether oxygens (including phenoxy) is 1. The number of rotatable bonds is 6. The minimum absolute atomic E-state index is 0.149. The van der Waals surface area contributed by atoms with Gasteiger partial charge in [0.1, 0.15) is 11.4 Å². The van der Waals surface area contributed by atoms with Gasteiger partial charge in [-0.3, -0.25) is 9.89 Å². The molecule has 0 spiro atoms. The number of carbonyl (C=O) groups excluding carboxylic acids is 1. The van der Waals surface area contributed by atoms with Crippen LogP contribution in [0.25, 0.3) is 11.3 Å². The summed E-state index contributed by atoms with van der Waals surface area (Å²) in [5, 5.41) is 9.77. The lowest BCUT2D eigenvalue weighted by Crippen LogP contribution is -2.31. The van der Waals surface area contributed by atoms with Crippen LogP contribution in [0.1, 0.15) is 10.5 Å². The van der Waals surface area contributed by atoms with Crippen molar-refractivity contribution in [2.24, 2.45) is 0 Å². The third-order valence-corrected chi connectivity index (χ3v) is 3.05. The van der Waals surface area contributed by atoms with E-state index in [1.54, 1.807) is 13.2 Å². The van der Waals surface area contributed by atoms with Crippen LogP contribution in [0, 0.1) is 0 Å². The van der Waals surface area contributed by atoms with Crippen molar-refractivity contribution in [2.75, 3.05) is 34.3 Å². The lowest BCUT2D eigenvalue weighted by molar-refractivity contribution is 0.0946. The first-order valence-electron chi connectivity index (χ1n) is 6.73. The molecular weight excluding hydrogens is 268 g/mol. The van der Waals surface area contributed by atoms with Gasteiger partial charge in [0.05, 0.1) is 12.8 Å². The summed E-state index contributed by atoms with van der Waals surface area (Å²) >= 11 is 0. The largest absolute Gasteiger partial charge is 0.497 e. The molecule has 1 aromatic heterocycles. The maximum atomic E-state index is 12.0. The summed E-state index contributed by atoms with van der Waals surface area (Å²) in [7, 11) is 5.55. The molecule has 112 valence electrons. The predicted molar refractivity (Wildman–Crippen MR) is 81.5 cm³/mol. The highest BCUT2D eigenvalue weighted by atomic mass is 16.5. The van der Waals surface area contributed by atoms with Crippen LogP contribution in [0.2, 0.25) is 0 Å². The average Bonchev–Trinajstić information content (AvgIpc) is 2.97. The smallest absolute Gasteiger partial charge is 0.269 e. The Hall–Kier alpha value is -2.34. The van der Waals surface area contributed by atoms with Crippen LogP contribution in [0.5, 0.6) is 5.75 Å². The van der Waals surface area contributed by atoms with E-state index in [-0.39, 0.29) is 5.91 Å². The molecule has 21 heavy (non-hydrogen) atoms. The van der Waals surface area contributed by atoms with Crippen LogP contribution in [0.15, 0.2) is 30.3 Å². The standard InChI is InChI=1S/C15H20N4O2/c1-19(2)9-8-16-15(20)14-10-13(17-18-14)11-4-6-12(21-3)7-5-11/h4-7,10H,8-9H2,1-3H3,(H,16,20)(H,17,18). The Labute approximate surface area is 124 Å². The molecule has 0 fully saturated rings. The fraction of sp³-hybridized carbons (Fsp3) is 0.333. The van der Waals surface area contributed by atoms with Gasteiger partial charge in [-0.1, -0.05) is 0 Å². The number of hydrogen-bond acceptors (Lipinski definition) is 4. The van der Waals surface area contributed by atoms with E-state index in [1.807, 2.05) is 43.3 Å². The van der Waals surface area contributed by atoms with E-state index in [0.717, 1.165) is 23.6 Å².